The summed E-state index contributed by atoms with van der Waals surface area (Å²) >= 11 is 5.67. The van der Waals surface area contributed by atoms with E-state index in [1.807, 2.05) is 0 Å². The highest BCUT2D eigenvalue weighted by molar-refractivity contribution is 7.80. The van der Waals surface area contributed by atoms with Crippen LogP contribution in [-0.2, 0) is 0 Å². The topological polar surface area (TPSA) is 3.24 Å². The predicted octanol–water partition coefficient (Wildman–Crippen LogP) is 3.73. The molecule has 1 aliphatic carbocycles. The van der Waals surface area contributed by atoms with Crippen molar-refractivity contribution in [2.75, 3.05) is 6.54 Å². The summed E-state index contributed by atoms with van der Waals surface area (Å²) < 4.78 is 0. The van der Waals surface area contributed by atoms with E-state index in [-0.39, 0.29) is 0 Å². The lowest BCUT2D eigenvalue weighted by atomic mass is 9.92. The Kier molecular flexibility index (Phi) is 4.57. The molecule has 0 N–H and O–H groups in total. The first-order chi connectivity index (χ1) is 6.99. The van der Waals surface area contributed by atoms with Crippen molar-refractivity contribution in [3.8, 4) is 0 Å². The molecule has 15 heavy (non-hydrogen) atoms. The highest BCUT2D eigenvalue weighted by atomic mass is 32.1. The van der Waals surface area contributed by atoms with Crippen LogP contribution in [0.2, 0.25) is 0 Å². The van der Waals surface area contributed by atoms with Crippen LogP contribution in [0.25, 0.3) is 0 Å². The molecule has 2 unspecified atom stereocenters. The average Bonchev–Trinajstić information content (AvgIpc) is 2.48. The van der Waals surface area contributed by atoms with Gasteiger partial charge in [-0.3, -0.25) is 0 Å². The molecule has 1 saturated carbocycles. The third kappa shape index (κ3) is 2.72. The molecule has 0 spiro atoms. The van der Waals surface area contributed by atoms with E-state index >= 15 is 0 Å². The zero-order valence-corrected chi connectivity index (χ0v) is 11.6. The summed E-state index contributed by atoms with van der Waals surface area (Å²) in [6, 6.07) is 0.547. The van der Waals surface area contributed by atoms with Crippen LogP contribution >= 0.6 is 12.2 Å². The van der Waals surface area contributed by atoms with Crippen LogP contribution in [0.4, 0.5) is 0 Å². The van der Waals surface area contributed by atoms with Gasteiger partial charge in [0, 0.05) is 18.5 Å². The minimum absolute atomic E-state index is 0.547. The van der Waals surface area contributed by atoms with Gasteiger partial charge >= 0.3 is 0 Å². The van der Waals surface area contributed by atoms with Gasteiger partial charge in [-0.2, -0.15) is 0 Å². The molecule has 1 fully saturated rings. The Bertz CT molecular complexity index is 225. The van der Waals surface area contributed by atoms with Gasteiger partial charge in [0.2, 0.25) is 0 Å². The van der Waals surface area contributed by atoms with E-state index in [1.165, 1.54) is 17.8 Å². The Labute approximate surface area is 100 Å². The van der Waals surface area contributed by atoms with E-state index in [1.54, 1.807) is 0 Å². The third-order valence-corrected chi connectivity index (χ3v) is 4.57. The van der Waals surface area contributed by atoms with Gasteiger partial charge in [-0.25, -0.2) is 0 Å². The molecule has 0 aromatic carbocycles. The zero-order valence-electron chi connectivity index (χ0n) is 10.8. The molecule has 2 heteroatoms. The maximum Gasteiger partial charge on any atom is 0.0815 e. The zero-order chi connectivity index (χ0) is 11.6. The van der Waals surface area contributed by atoms with Gasteiger partial charge in [-0.1, -0.05) is 26.1 Å². The predicted molar refractivity (Wildman–Crippen MR) is 71.2 cm³/mol. The van der Waals surface area contributed by atoms with Crippen molar-refractivity contribution in [2.45, 2.75) is 53.5 Å². The molecule has 0 saturated heterocycles. The molecular weight excluding hydrogens is 202 g/mol. The van der Waals surface area contributed by atoms with Crippen LogP contribution in [0.15, 0.2) is 0 Å². The first kappa shape index (κ1) is 13.0. The number of hydrogen-bond donors (Lipinski definition) is 0. The van der Waals surface area contributed by atoms with Crippen molar-refractivity contribution in [2.24, 2.45) is 17.8 Å². The number of nitrogens with zero attached hydrogens (tertiary/aromatic N) is 1. The summed E-state index contributed by atoms with van der Waals surface area (Å²) in [6.07, 6.45) is 2.64. The maximum absolute atomic E-state index is 5.67. The van der Waals surface area contributed by atoms with E-state index < -0.39 is 0 Å². The molecule has 1 aliphatic rings. The van der Waals surface area contributed by atoms with Crippen molar-refractivity contribution in [3.05, 3.63) is 0 Å². The quantitative estimate of drug-likeness (QED) is 0.676. The largest absolute Gasteiger partial charge is 0.364 e. The molecule has 0 bridgehead atoms. The lowest BCUT2D eigenvalue weighted by Crippen LogP contribution is -2.40. The van der Waals surface area contributed by atoms with Crippen molar-refractivity contribution in [3.63, 3.8) is 0 Å². The fraction of sp³-hybridized carbons (Fsp3) is 0.923. The second-order valence-corrected chi connectivity index (χ2v) is 5.66. The summed E-state index contributed by atoms with van der Waals surface area (Å²) in [7, 11) is 0. The summed E-state index contributed by atoms with van der Waals surface area (Å²) in [4.78, 5) is 3.60. The van der Waals surface area contributed by atoms with Gasteiger partial charge in [-0.15, -0.1) is 0 Å². The van der Waals surface area contributed by atoms with Gasteiger partial charge in [0.15, 0.2) is 0 Å². The van der Waals surface area contributed by atoms with E-state index in [0.29, 0.717) is 12.0 Å². The van der Waals surface area contributed by atoms with Crippen LogP contribution in [0, 0.1) is 17.8 Å². The highest BCUT2D eigenvalue weighted by Gasteiger charge is 2.34. The maximum atomic E-state index is 5.67. The molecule has 3 atom stereocenters. The molecule has 0 aromatic rings. The molecule has 0 radical (unpaired) electrons. The monoisotopic (exact) mass is 227 g/mol. The molecule has 1 rings (SSSR count). The van der Waals surface area contributed by atoms with E-state index in [2.05, 4.69) is 39.5 Å². The molecule has 0 amide bonds. The van der Waals surface area contributed by atoms with Crippen LogP contribution in [0.5, 0.6) is 0 Å². The minimum atomic E-state index is 0.547. The average molecular weight is 227 g/mol. The molecule has 88 valence electrons. The first-order valence-corrected chi connectivity index (χ1v) is 6.70. The van der Waals surface area contributed by atoms with Crippen LogP contribution in [-0.4, -0.2) is 22.5 Å². The van der Waals surface area contributed by atoms with Gasteiger partial charge in [0.05, 0.1) is 4.99 Å². The Hall–Kier alpha value is -0.110. The Morgan fingerprint density at radius 2 is 1.93 bits per heavy atom. The summed E-state index contributed by atoms with van der Waals surface area (Å²) in [5.41, 5.74) is 0. The van der Waals surface area contributed by atoms with Crippen molar-refractivity contribution >= 4 is 17.2 Å². The lowest BCUT2D eigenvalue weighted by Gasteiger charge is -2.33. The normalized spacial score (nSPS) is 30.9. The first-order valence-electron chi connectivity index (χ1n) is 6.29. The van der Waals surface area contributed by atoms with Crippen molar-refractivity contribution < 1.29 is 0 Å². The Balaban J connectivity index is 2.67. The van der Waals surface area contributed by atoms with E-state index in [9.17, 15) is 0 Å². The van der Waals surface area contributed by atoms with Gasteiger partial charge in [0.1, 0.15) is 0 Å². The second-order valence-electron chi connectivity index (χ2n) is 5.24. The lowest BCUT2D eigenvalue weighted by molar-refractivity contribution is 0.331. The summed E-state index contributed by atoms with van der Waals surface area (Å²) in [5, 5.41) is 0. The third-order valence-electron chi connectivity index (χ3n) is 4.03. The van der Waals surface area contributed by atoms with Crippen LogP contribution < -0.4 is 0 Å². The summed E-state index contributed by atoms with van der Waals surface area (Å²) in [5.74, 6) is 2.27. The molecular formula is C13H25NS. The Morgan fingerprint density at radius 3 is 2.27 bits per heavy atom. The fourth-order valence-electron chi connectivity index (χ4n) is 2.70. The minimum Gasteiger partial charge on any atom is -0.364 e. The second kappa shape index (κ2) is 5.29. The van der Waals surface area contributed by atoms with Gasteiger partial charge in [-0.05, 0) is 45.4 Å². The van der Waals surface area contributed by atoms with E-state index in [4.69, 9.17) is 12.2 Å². The smallest absolute Gasteiger partial charge is 0.0815 e. The van der Waals surface area contributed by atoms with Crippen molar-refractivity contribution in [1.29, 1.82) is 0 Å². The SMILES string of the molecule is CCN(C(=S)C1CCC(C)[C@H]1C)C(C)C. The number of rotatable bonds is 3. The van der Waals surface area contributed by atoms with Gasteiger partial charge < -0.3 is 4.90 Å². The van der Waals surface area contributed by atoms with Crippen molar-refractivity contribution in [1.82, 2.24) is 4.90 Å². The molecule has 0 aliphatic heterocycles. The standard InChI is InChI=1S/C13H25NS/c1-6-14(9(2)3)13(15)12-8-7-10(4)11(12)5/h9-12H,6-8H2,1-5H3/t10?,11-,12?/m1/s1. The van der Waals surface area contributed by atoms with E-state index in [0.717, 1.165) is 18.4 Å². The van der Waals surface area contributed by atoms with Crippen LogP contribution in [0.3, 0.4) is 0 Å². The number of thiocarbonyl (C=S) groups is 1. The van der Waals surface area contributed by atoms with Gasteiger partial charge in [0.25, 0.3) is 0 Å². The van der Waals surface area contributed by atoms with Crippen LogP contribution in [0.1, 0.15) is 47.5 Å². The molecule has 0 aromatic heterocycles. The molecule has 1 nitrogen and oxygen atoms in total. The Morgan fingerprint density at radius 1 is 1.33 bits per heavy atom. The fourth-order valence-corrected chi connectivity index (χ4v) is 3.37. The summed E-state index contributed by atoms with van der Waals surface area (Å²) in [6.45, 7) is 12.4. The molecule has 0 heterocycles. The highest BCUT2D eigenvalue weighted by Crippen LogP contribution is 2.38. The number of hydrogen-bond acceptors (Lipinski definition) is 1.